The first kappa shape index (κ1) is 10.5. The van der Waals surface area contributed by atoms with Gasteiger partial charge in [-0.25, -0.2) is 4.99 Å². The topological polar surface area (TPSA) is 17.3 Å². The first-order chi connectivity index (χ1) is 6.13. The number of aromatic nitrogens is 1. The third-order valence-corrected chi connectivity index (χ3v) is 2.67. The van der Waals surface area contributed by atoms with Crippen LogP contribution in [-0.4, -0.2) is 15.1 Å². The number of thioether (sulfide) groups is 1. The molecule has 0 aliphatic rings. The normalized spacial score (nSPS) is 11.8. The van der Waals surface area contributed by atoms with Gasteiger partial charge in [0, 0.05) is 13.2 Å². The van der Waals surface area contributed by atoms with Gasteiger partial charge in [0.1, 0.15) is 5.49 Å². The minimum absolute atomic E-state index is 0.666. The number of thiocarbonyl (C=S) groups is 1. The van der Waals surface area contributed by atoms with E-state index in [2.05, 4.69) is 11.9 Å². The van der Waals surface area contributed by atoms with Crippen molar-refractivity contribution in [3.63, 3.8) is 0 Å². The first-order valence-corrected chi connectivity index (χ1v) is 5.53. The van der Waals surface area contributed by atoms with Gasteiger partial charge in [-0.1, -0.05) is 30.0 Å². The molecule has 1 rings (SSSR count). The van der Waals surface area contributed by atoms with Crippen molar-refractivity contribution < 1.29 is 0 Å². The van der Waals surface area contributed by atoms with Crippen molar-refractivity contribution >= 4 is 28.3 Å². The number of hydrogen-bond donors (Lipinski definition) is 0. The maximum Gasteiger partial charge on any atom is 0.161 e. The van der Waals surface area contributed by atoms with E-state index in [1.54, 1.807) is 0 Å². The van der Waals surface area contributed by atoms with Gasteiger partial charge in [-0.15, -0.1) is 0 Å². The number of aryl methyl sites for hydroxylation is 2. The van der Waals surface area contributed by atoms with Crippen LogP contribution in [0.5, 0.6) is 0 Å². The average molecular weight is 212 g/mol. The van der Waals surface area contributed by atoms with Crippen molar-refractivity contribution in [2.24, 2.45) is 12.0 Å². The van der Waals surface area contributed by atoms with E-state index < -0.39 is 0 Å². The summed E-state index contributed by atoms with van der Waals surface area (Å²) in [5, 5.41) is 0. The molecule has 4 heteroatoms. The molecule has 0 radical (unpaired) electrons. The summed E-state index contributed by atoms with van der Waals surface area (Å²) in [5.41, 5.74) is 2.11. The van der Waals surface area contributed by atoms with Gasteiger partial charge in [0.2, 0.25) is 0 Å². The smallest absolute Gasteiger partial charge is 0.161 e. The second-order valence-electron chi connectivity index (χ2n) is 2.76. The molecule has 0 aliphatic carbocycles. The molecule has 1 aromatic rings. The second kappa shape index (κ2) is 4.58. The Labute approximate surface area is 87.7 Å². The van der Waals surface area contributed by atoms with E-state index in [-0.39, 0.29) is 0 Å². The molecule has 0 aliphatic heterocycles. The van der Waals surface area contributed by atoms with Gasteiger partial charge >= 0.3 is 0 Å². The van der Waals surface area contributed by atoms with E-state index in [0.717, 1.165) is 5.49 Å². The maximum absolute atomic E-state index is 5.01. The van der Waals surface area contributed by atoms with Crippen molar-refractivity contribution in [3.8, 4) is 0 Å². The quantitative estimate of drug-likeness (QED) is 0.611. The van der Waals surface area contributed by atoms with Crippen LogP contribution in [0.15, 0.2) is 23.3 Å². The second-order valence-corrected chi connectivity index (χ2v) is 4.20. The Morgan fingerprint density at radius 2 is 2.23 bits per heavy atom. The van der Waals surface area contributed by atoms with Gasteiger partial charge in [0.25, 0.3) is 0 Å². The molecule has 2 nitrogen and oxygen atoms in total. The molecule has 0 amide bonds. The number of rotatable bonds is 0. The lowest BCUT2D eigenvalue weighted by molar-refractivity contribution is 0.833. The Hall–Kier alpha value is -0.610. The molecule has 0 saturated heterocycles. The number of pyridine rings is 1. The standard InChI is InChI=1S/C9H12N2S2/c1-7-4-5-8(11(2)6-7)10-9(12)13-3/h4-6H,1-3H3. The van der Waals surface area contributed by atoms with Crippen LogP contribution in [0, 0.1) is 6.92 Å². The van der Waals surface area contributed by atoms with Crippen LogP contribution in [0.1, 0.15) is 5.56 Å². The Balaban J connectivity index is 3.15. The highest BCUT2D eigenvalue weighted by molar-refractivity contribution is 8.22. The number of nitrogens with zero attached hydrogens (tertiary/aromatic N) is 2. The zero-order chi connectivity index (χ0) is 9.84. The Morgan fingerprint density at radius 3 is 2.77 bits per heavy atom. The van der Waals surface area contributed by atoms with Crippen molar-refractivity contribution in [2.45, 2.75) is 6.92 Å². The summed E-state index contributed by atoms with van der Waals surface area (Å²) in [6.07, 6.45) is 3.96. The molecule has 1 aromatic heterocycles. The summed E-state index contributed by atoms with van der Waals surface area (Å²) >= 11 is 6.50. The molecule has 0 spiro atoms. The highest BCUT2D eigenvalue weighted by atomic mass is 32.2. The number of hydrogen-bond acceptors (Lipinski definition) is 2. The summed E-state index contributed by atoms with van der Waals surface area (Å²) < 4.78 is 2.64. The lowest BCUT2D eigenvalue weighted by atomic mass is 10.3. The van der Waals surface area contributed by atoms with Crippen LogP contribution in [0.25, 0.3) is 0 Å². The minimum atomic E-state index is 0.666. The van der Waals surface area contributed by atoms with Crippen LogP contribution in [0.2, 0.25) is 0 Å². The minimum Gasteiger partial charge on any atom is -0.336 e. The summed E-state index contributed by atoms with van der Waals surface area (Å²) in [7, 11) is 1.97. The molecule has 70 valence electrons. The highest BCUT2D eigenvalue weighted by Crippen LogP contribution is 1.97. The molecule has 0 fully saturated rings. The van der Waals surface area contributed by atoms with Crippen molar-refractivity contribution in [2.75, 3.05) is 6.26 Å². The third-order valence-electron chi connectivity index (χ3n) is 1.63. The largest absolute Gasteiger partial charge is 0.336 e. The molecular formula is C9H12N2S2. The molecule has 1 heterocycles. The Morgan fingerprint density at radius 1 is 1.54 bits per heavy atom. The van der Waals surface area contributed by atoms with Crippen molar-refractivity contribution in [1.29, 1.82) is 0 Å². The molecule has 0 bridgehead atoms. The molecule has 13 heavy (non-hydrogen) atoms. The monoisotopic (exact) mass is 212 g/mol. The molecular weight excluding hydrogens is 200 g/mol. The Bertz CT molecular complexity index is 379. The predicted molar refractivity (Wildman–Crippen MR) is 61.8 cm³/mol. The van der Waals surface area contributed by atoms with E-state index in [0.29, 0.717) is 4.32 Å². The van der Waals surface area contributed by atoms with E-state index in [1.807, 2.05) is 36.2 Å². The van der Waals surface area contributed by atoms with Gasteiger partial charge in [0.15, 0.2) is 4.32 Å². The zero-order valence-electron chi connectivity index (χ0n) is 7.94. The van der Waals surface area contributed by atoms with Crippen LogP contribution >= 0.6 is 24.0 Å². The van der Waals surface area contributed by atoms with Gasteiger partial charge in [-0.2, -0.15) is 0 Å². The SMILES string of the molecule is CSC(=S)N=c1ccc(C)cn1C. The third kappa shape index (κ3) is 2.97. The molecule has 0 N–H and O–H groups in total. The fourth-order valence-corrected chi connectivity index (χ4v) is 1.27. The van der Waals surface area contributed by atoms with Gasteiger partial charge in [-0.05, 0) is 24.8 Å². The zero-order valence-corrected chi connectivity index (χ0v) is 9.58. The summed E-state index contributed by atoms with van der Waals surface area (Å²) in [6.45, 7) is 2.05. The van der Waals surface area contributed by atoms with Crippen LogP contribution in [0.3, 0.4) is 0 Å². The van der Waals surface area contributed by atoms with Crippen molar-refractivity contribution in [3.05, 3.63) is 29.4 Å². The van der Waals surface area contributed by atoms with Crippen LogP contribution < -0.4 is 5.49 Å². The fraction of sp³-hybridized carbons (Fsp3) is 0.333. The molecule has 0 atom stereocenters. The van der Waals surface area contributed by atoms with Gasteiger partial charge < -0.3 is 4.57 Å². The fourth-order valence-electron chi connectivity index (χ4n) is 0.993. The van der Waals surface area contributed by atoms with Crippen LogP contribution in [0.4, 0.5) is 0 Å². The van der Waals surface area contributed by atoms with E-state index in [4.69, 9.17) is 12.2 Å². The van der Waals surface area contributed by atoms with Crippen molar-refractivity contribution in [1.82, 2.24) is 4.57 Å². The molecule has 0 aromatic carbocycles. The van der Waals surface area contributed by atoms with E-state index >= 15 is 0 Å². The predicted octanol–water partition coefficient (Wildman–Crippen LogP) is 1.88. The van der Waals surface area contributed by atoms with Crippen LogP contribution in [-0.2, 0) is 7.05 Å². The molecule has 0 saturated carbocycles. The summed E-state index contributed by atoms with van der Waals surface area (Å²) in [5.74, 6) is 0. The van der Waals surface area contributed by atoms with E-state index in [9.17, 15) is 0 Å². The molecule has 0 unspecified atom stereocenters. The van der Waals surface area contributed by atoms with Gasteiger partial charge in [-0.3, -0.25) is 0 Å². The average Bonchev–Trinajstić information content (AvgIpc) is 2.09. The summed E-state index contributed by atoms with van der Waals surface area (Å²) in [4.78, 5) is 4.28. The van der Waals surface area contributed by atoms with Gasteiger partial charge in [0.05, 0.1) is 0 Å². The van der Waals surface area contributed by atoms with E-state index in [1.165, 1.54) is 17.3 Å². The maximum atomic E-state index is 5.01. The Kier molecular flexibility index (Phi) is 3.69. The lowest BCUT2D eigenvalue weighted by Crippen LogP contribution is -2.17. The lowest BCUT2D eigenvalue weighted by Gasteiger charge is -2.00. The first-order valence-electron chi connectivity index (χ1n) is 3.89. The summed E-state index contributed by atoms with van der Waals surface area (Å²) in [6, 6.07) is 4.00. The highest BCUT2D eigenvalue weighted by Gasteiger charge is 1.91.